The second kappa shape index (κ2) is 6.35. The van der Waals surface area contributed by atoms with Gasteiger partial charge in [0.1, 0.15) is 0 Å². The Balaban J connectivity index is 2.10. The zero-order valence-electron chi connectivity index (χ0n) is 12.4. The van der Waals surface area contributed by atoms with Crippen LogP contribution in [0, 0.1) is 12.3 Å². The molecule has 1 saturated heterocycles. The zero-order chi connectivity index (χ0) is 14.6. The van der Waals surface area contributed by atoms with Crippen molar-refractivity contribution in [3.63, 3.8) is 0 Å². The highest BCUT2D eigenvalue weighted by molar-refractivity contribution is 5.75. The van der Waals surface area contributed by atoms with E-state index in [0.717, 1.165) is 44.5 Å². The summed E-state index contributed by atoms with van der Waals surface area (Å²) in [5.41, 5.74) is 1.68. The fourth-order valence-electron chi connectivity index (χ4n) is 3.22. The molecule has 2 heterocycles. The Morgan fingerprint density at radius 1 is 1.55 bits per heavy atom. The van der Waals surface area contributed by atoms with E-state index in [0.29, 0.717) is 6.54 Å². The minimum Gasteiger partial charge on any atom is -0.481 e. The molecular formula is C16H24N2O2. The lowest BCUT2D eigenvalue weighted by Crippen LogP contribution is -2.47. The van der Waals surface area contributed by atoms with Crippen molar-refractivity contribution >= 4 is 5.97 Å². The Kier molecular flexibility index (Phi) is 4.76. The van der Waals surface area contributed by atoms with Gasteiger partial charge in [-0.2, -0.15) is 0 Å². The number of aromatic nitrogens is 1. The molecule has 1 aliphatic rings. The molecule has 110 valence electrons. The molecule has 0 aliphatic carbocycles. The number of aryl methyl sites for hydroxylation is 1. The number of rotatable bonds is 5. The van der Waals surface area contributed by atoms with Gasteiger partial charge in [0.25, 0.3) is 0 Å². The molecule has 1 aromatic rings. The molecule has 0 amide bonds. The minimum atomic E-state index is -0.637. The predicted octanol–water partition coefficient (Wildman–Crippen LogP) is 2.86. The number of carboxylic acids is 1. The maximum atomic E-state index is 11.7. The van der Waals surface area contributed by atoms with Crippen molar-refractivity contribution in [1.82, 2.24) is 9.88 Å². The molecule has 1 aliphatic heterocycles. The van der Waals surface area contributed by atoms with Crippen LogP contribution in [-0.4, -0.2) is 34.0 Å². The molecule has 0 bridgehead atoms. The van der Waals surface area contributed by atoms with Crippen molar-refractivity contribution in [2.75, 3.05) is 13.1 Å². The SMILES string of the molecule is CCCC1(C(=O)O)CCCN(Cc2ncccc2C)C1. The van der Waals surface area contributed by atoms with Gasteiger partial charge in [0.15, 0.2) is 0 Å². The molecule has 20 heavy (non-hydrogen) atoms. The van der Waals surface area contributed by atoms with Crippen molar-refractivity contribution < 1.29 is 9.90 Å². The van der Waals surface area contributed by atoms with Crippen LogP contribution in [0.4, 0.5) is 0 Å². The fraction of sp³-hybridized carbons (Fsp3) is 0.625. The molecule has 1 N–H and O–H groups in total. The number of hydrogen-bond donors (Lipinski definition) is 1. The lowest BCUT2D eigenvalue weighted by molar-refractivity contribution is -0.153. The highest BCUT2D eigenvalue weighted by Gasteiger charge is 2.41. The average molecular weight is 276 g/mol. The van der Waals surface area contributed by atoms with Crippen LogP contribution in [0.1, 0.15) is 43.9 Å². The summed E-state index contributed by atoms with van der Waals surface area (Å²) in [6.45, 7) is 6.49. The van der Waals surface area contributed by atoms with Crippen LogP contribution in [0.15, 0.2) is 18.3 Å². The van der Waals surface area contributed by atoms with E-state index in [1.54, 1.807) is 0 Å². The van der Waals surface area contributed by atoms with Crippen LogP contribution in [0.2, 0.25) is 0 Å². The van der Waals surface area contributed by atoms with E-state index in [1.165, 1.54) is 5.56 Å². The third kappa shape index (κ3) is 3.18. The van der Waals surface area contributed by atoms with Gasteiger partial charge in [-0.15, -0.1) is 0 Å². The molecule has 1 aromatic heterocycles. The summed E-state index contributed by atoms with van der Waals surface area (Å²) in [5, 5.41) is 9.62. The third-order valence-electron chi connectivity index (χ3n) is 4.33. The molecule has 1 fully saturated rings. The highest BCUT2D eigenvalue weighted by Crippen LogP contribution is 2.35. The Morgan fingerprint density at radius 3 is 3.00 bits per heavy atom. The van der Waals surface area contributed by atoms with Gasteiger partial charge >= 0.3 is 5.97 Å². The number of pyridine rings is 1. The van der Waals surface area contributed by atoms with E-state index < -0.39 is 11.4 Å². The van der Waals surface area contributed by atoms with Crippen LogP contribution in [0.25, 0.3) is 0 Å². The van der Waals surface area contributed by atoms with Crippen molar-refractivity contribution in [3.8, 4) is 0 Å². The molecule has 4 heteroatoms. The van der Waals surface area contributed by atoms with Gasteiger partial charge in [-0.1, -0.05) is 19.4 Å². The summed E-state index contributed by atoms with van der Waals surface area (Å²) in [6.07, 6.45) is 5.25. The van der Waals surface area contributed by atoms with Crippen molar-refractivity contribution in [2.45, 2.75) is 46.1 Å². The topological polar surface area (TPSA) is 53.4 Å². The van der Waals surface area contributed by atoms with Gasteiger partial charge in [-0.3, -0.25) is 14.7 Å². The lowest BCUT2D eigenvalue weighted by Gasteiger charge is -2.40. The number of piperidine rings is 1. The highest BCUT2D eigenvalue weighted by atomic mass is 16.4. The van der Waals surface area contributed by atoms with Crippen LogP contribution >= 0.6 is 0 Å². The van der Waals surface area contributed by atoms with Gasteiger partial charge in [-0.05, 0) is 44.4 Å². The van der Waals surface area contributed by atoms with Crippen molar-refractivity contribution in [3.05, 3.63) is 29.6 Å². The first kappa shape index (κ1) is 15.0. The van der Waals surface area contributed by atoms with Crippen LogP contribution < -0.4 is 0 Å². The van der Waals surface area contributed by atoms with Gasteiger partial charge in [0, 0.05) is 19.3 Å². The van der Waals surface area contributed by atoms with Crippen molar-refractivity contribution in [2.24, 2.45) is 5.41 Å². The second-order valence-electron chi connectivity index (χ2n) is 5.92. The zero-order valence-corrected chi connectivity index (χ0v) is 12.4. The summed E-state index contributed by atoms with van der Waals surface area (Å²) in [4.78, 5) is 18.4. The third-order valence-corrected chi connectivity index (χ3v) is 4.33. The average Bonchev–Trinajstić information content (AvgIpc) is 2.42. The normalized spacial score (nSPS) is 23.7. The fourth-order valence-corrected chi connectivity index (χ4v) is 3.22. The maximum Gasteiger partial charge on any atom is 0.310 e. The Morgan fingerprint density at radius 2 is 2.35 bits per heavy atom. The van der Waals surface area contributed by atoms with Crippen LogP contribution in [0.3, 0.4) is 0 Å². The van der Waals surface area contributed by atoms with E-state index in [4.69, 9.17) is 0 Å². The van der Waals surface area contributed by atoms with E-state index in [1.807, 2.05) is 12.3 Å². The molecule has 0 aromatic carbocycles. The Hall–Kier alpha value is -1.42. The first-order chi connectivity index (χ1) is 9.57. The summed E-state index contributed by atoms with van der Waals surface area (Å²) in [7, 11) is 0. The van der Waals surface area contributed by atoms with Gasteiger partial charge in [0.2, 0.25) is 0 Å². The Bertz CT molecular complexity index is 471. The molecule has 0 radical (unpaired) electrons. The molecule has 4 nitrogen and oxygen atoms in total. The molecule has 1 unspecified atom stereocenters. The lowest BCUT2D eigenvalue weighted by atomic mass is 9.76. The molecule has 2 rings (SSSR count). The van der Waals surface area contributed by atoms with E-state index in [-0.39, 0.29) is 0 Å². The minimum absolute atomic E-state index is 0.560. The van der Waals surface area contributed by atoms with E-state index in [9.17, 15) is 9.90 Å². The monoisotopic (exact) mass is 276 g/mol. The number of nitrogens with zero attached hydrogens (tertiary/aromatic N) is 2. The first-order valence-corrected chi connectivity index (χ1v) is 7.43. The standard InChI is InChI=1S/C16H24N2O2/c1-3-7-16(15(19)20)8-5-10-18(12-16)11-14-13(2)6-4-9-17-14/h4,6,9H,3,5,7-8,10-12H2,1-2H3,(H,19,20). The second-order valence-corrected chi connectivity index (χ2v) is 5.92. The number of carboxylic acid groups (broad SMARTS) is 1. The number of aliphatic carboxylic acids is 1. The molecule has 0 spiro atoms. The van der Waals surface area contributed by atoms with Crippen LogP contribution in [0.5, 0.6) is 0 Å². The quantitative estimate of drug-likeness (QED) is 0.898. The van der Waals surface area contributed by atoms with Crippen LogP contribution in [-0.2, 0) is 11.3 Å². The largest absolute Gasteiger partial charge is 0.481 e. The number of carbonyl (C=O) groups is 1. The summed E-state index contributed by atoms with van der Waals surface area (Å²) < 4.78 is 0. The molecule has 1 atom stereocenters. The smallest absolute Gasteiger partial charge is 0.310 e. The van der Waals surface area contributed by atoms with E-state index in [2.05, 4.69) is 29.8 Å². The first-order valence-electron chi connectivity index (χ1n) is 7.43. The summed E-state index contributed by atoms with van der Waals surface area (Å²) >= 11 is 0. The van der Waals surface area contributed by atoms with Gasteiger partial charge in [0.05, 0.1) is 11.1 Å². The maximum absolute atomic E-state index is 11.7. The van der Waals surface area contributed by atoms with E-state index >= 15 is 0 Å². The Labute approximate surface area is 120 Å². The van der Waals surface area contributed by atoms with Crippen molar-refractivity contribution in [1.29, 1.82) is 0 Å². The van der Waals surface area contributed by atoms with Gasteiger partial charge < -0.3 is 5.11 Å². The predicted molar refractivity (Wildman–Crippen MR) is 78.5 cm³/mol. The molecule has 0 saturated carbocycles. The number of likely N-dealkylation sites (tertiary alicyclic amines) is 1. The number of hydrogen-bond acceptors (Lipinski definition) is 3. The summed E-state index contributed by atoms with van der Waals surface area (Å²) in [5.74, 6) is -0.637. The van der Waals surface area contributed by atoms with Gasteiger partial charge in [-0.25, -0.2) is 0 Å². The summed E-state index contributed by atoms with van der Waals surface area (Å²) in [6, 6.07) is 4.00. The molecular weight excluding hydrogens is 252 g/mol.